The fourth-order valence-electron chi connectivity index (χ4n) is 2.22. The summed E-state index contributed by atoms with van der Waals surface area (Å²) in [5.74, 6) is 0. The van der Waals surface area contributed by atoms with Gasteiger partial charge in [0.05, 0.1) is 4.90 Å². The molecule has 1 fully saturated rings. The van der Waals surface area contributed by atoms with E-state index in [-0.39, 0.29) is 0 Å². The van der Waals surface area contributed by atoms with Crippen LogP contribution in [0.1, 0.15) is 31.7 Å². The highest BCUT2D eigenvalue weighted by atomic mass is 32.2. The lowest BCUT2D eigenvalue weighted by molar-refractivity contribution is 0.441. The predicted octanol–water partition coefficient (Wildman–Crippen LogP) is 2.53. The van der Waals surface area contributed by atoms with E-state index in [4.69, 9.17) is 0 Å². The fraction of sp³-hybridized carbons (Fsp3) is 0.500. The van der Waals surface area contributed by atoms with Crippen molar-refractivity contribution in [3.8, 4) is 0 Å². The second kappa shape index (κ2) is 7.20. The van der Waals surface area contributed by atoms with Crippen molar-refractivity contribution in [2.45, 2.75) is 43.7 Å². The number of sulfonamides is 1. The molecule has 0 saturated heterocycles. The summed E-state index contributed by atoms with van der Waals surface area (Å²) < 4.78 is 26.8. The van der Waals surface area contributed by atoms with Gasteiger partial charge in [0.2, 0.25) is 10.0 Å². The van der Waals surface area contributed by atoms with Crippen LogP contribution in [0, 0.1) is 0 Å². The maximum absolute atomic E-state index is 12.7. The monoisotopic (exact) mass is 308 g/mol. The van der Waals surface area contributed by atoms with Crippen molar-refractivity contribution in [3.05, 3.63) is 42.5 Å². The lowest BCUT2D eigenvalue weighted by atomic mass is 10.2. The summed E-state index contributed by atoms with van der Waals surface area (Å²) in [5, 5.41) is 3.41. The number of benzene rings is 1. The Morgan fingerprint density at radius 3 is 2.81 bits per heavy atom. The molecule has 0 amide bonds. The van der Waals surface area contributed by atoms with Gasteiger partial charge in [0, 0.05) is 25.7 Å². The van der Waals surface area contributed by atoms with Gasteiger partial charge in [-0.05, 0) is 37.0 Å². The standard InChI is InChI=1S/C16H24N2O2S/c1-3-10-18(11-4-2)21(19,20)16-7-5-6-14(12-16)13-17-15-8-9-15/h3,5-7,12,15,17H,1,4,8-11,13H2,2H3. The normalized spacial score (nSPS) is 15.3. The van der Waals surface area contributed by atoms with E-state index in [0.29, 0.717) is 24.0 Å². The second-order valence-electron chi connectivity index (χ2n) is 5.45. The van der Waals surface area contributed by atoms with Crippen molar-refractivity contribution < 1.29 is 8.42 Å². The van der Waals surface area contributed by atoms with Crippen LogP contribution in [0.3, 0.4) is 0 Å². The first kappa shape index (κ1) is 16.2. The van der Waals surface area contributed by atoms with Gasteiger partial charge < -0.3 is 5.32 Å². The number of nitrogens with one attached hydrogen (secondary N) is 1. The first-order chi connectivity index (χ1) is 10.1. The highest BCUT2D eigenvalue weighted by Gasteiger charge is 2.23. The van der Waals surface area contributed by atoms with E-state index < -0.39 is 10.0 Å². The minimum absolute atomic E-state index is 0.348. The van der Waals surface area contributed by atoms with Crippen molar-refractivity contribution in [1.82, 2.24) is 9.62 Å². The summed E-state index contributed by atoms with van der Waals surface area (Å²) >= 11 is 0. The van der Waals surface area contributed by atoms with E-state index in [1.807, 2.05) is 19.1 Å². The molecule has 0 radical (unpaired) electrons. The molecule has 0 atom stereocenters. The predicted molar refractivity (Wildman–Crippen MR) is 85.6 cm³/mol. The first-order valence-corrected chi connectivity index (χ1v) is 8.95. The van der Waals surface area contributed by atoms with Gasteiger partial charge in [-0.3, -0.25) is 0 Å². The molecule has 0 bridgehead atoms. The Morgan fingerprint density at radius 2 is 2.19 bits per heavy atom. The van der Waals surface area contributed by atoms with Crippen LogP contribution in [-0.2, 0) is 16.6 Å². The summed E-state index contributed by atoms with van der Waals surface area (Å²) in [4.78, 5) is 0.368. The third-order valence-electron chi connectivity index (χ3n) is 3.51. The molecule has 1 aromatic rings. The maximum atomic E-state index is 12.7. The Morgan fingerprint density at radius 1 is 1.43 bits per heavy atom. The summed E-state index contributed by atoms with van der Waals surface area (Å²) in [6, 6.07) is 7.83. The summed E-state index contributed by atoms with van der Waals surface area (Å²) in [5.41, 5.74) is 1.01. The number of rotatable bonds is 9. The molecular formula is C16H24N2O2S. The molecule has 1 aromatic carbocycles. The average Bonchev–Trinajstić information content (AvgIpc) is 3.29. The smallest absolute Gasteiger partial charge is 0.243 e. The fourth-order valence-corrected chi connectivity index (χ4v) is 3.79. The zero-order valence-corrected chi connectivity index (χ0v) is 13.4. The van der Waals surface area contributed by atoms with E-state index in [1.54, 1.807) is 18.2 Å². The number of hydrogen-bond acceptors (Lipinski definition) is 3. The van der Waals surface area contributed by atoms with Crippen molar-refractivity contribution in [2.75, 3.05) is 13.1 Å². The van der Waals surface area contributed by atoms with Crippen molar-refractivity contribution in [2.24, 2.45) is 0 Å². The molecule has 0 heterocycles. The molecule has 2 rings (SSSR count). The number of nitrogens with zero attached hydrogens (tertiary/aromatic N) is 1. The van der Waals surface area contributed by atoms with Crippen LogP contribution in [0.2, 0.25) is 0 Å². The minimum Gasteiger partial charge on any atom is -0.310 e. The summed E-state index contributed by atoms with van der Waals surface area (Å²) in [6.45, 7) is 7.21. The molecule has 21 heavy (non-hydrogen) atoms. The molecule has 4 nitrogen and oxygen atoms in total. The SMILES string of the molecule is C=CCN(CCC)S(=O)(=O)c1cccc(CNC2CC2)c1. The second-order valence-corrected chi connectivity index (χ2v) is 7.39. The molecule has 0 aliphatic heterocycles. The molecule has 116 valence electrons. The van der Waals surface area contributed by atoms with Crippen LogP contribution in [0.5, 0.6) is 0 Å². The van der Waals surface area contributed by atoms with Gasteiger partial charge >= 0.3 is 0 Å². The van der Waals surface area contributed by atoms with Gasteiger partial charge in [-0.15, -0.1) is 6.58 Å². The molecule has 5 heteroatoms. The van der Waals surface area contributed by atoms with Crippen LogP contribution < -0.4 is 5.32 Å². The van der Waals surface area contributed by atoms with Crippen LogP contribution in [0.15, 0.2) is 41.8 Å². The molecule has 0 aromatic heterocycles. The van der Waals surface area contributed by atoms with Crippen LogP contribution >= 0.6 is 0 Å². The minimum atomic E-state index is -3.44. The Balaban J connectivity index is 2.16. The summed E-state index contributed by atoms with van der Waals surface area (Å²) in [7, 11) is -3.44. The topological polar surface area (TPSA) is 49.4 Å². The lowest BCUT2D eigenvalue weighted by Crippen LogP contribution is -2.32. The quantitative estimate of drug-likeness (QED) is 0.713. The Bertz CT molecular complexity index is 580. The van der Waals surface area contributed by atoms with Crippen LogP contribution in [0.4, 0.5) is 0 Å². The zero-order valence-electron chi connectivity index (χ0n) is 12.6. The molecule has 0 unspecified atom stereocenters. The first-order valence-electron chi connectivity index (χ1n) is 7.51. The molecule has 1 saturated carbocycles. The van der Waals surface area contributed by atoms with Gasteiger partial charge in [-0.1, -0.05) is 25.1 Å². The van der Waals surface area contributed by atoms with E-state index in [1.165, 1.54) is 17.1 Å². The Labute approximate surface area is 127 Å². The van der Waals surface area contributed by atoms with Gasteiger partial charge in [0.25, 0.3) is 0 Å². The van der Waals surface area contributed by atoms with Gasteiger partial charge in [0.15, 0.2) is 0 Å². The van der Waals surface area contributed by atoms with E-state index in [9.17, 15) is 8.42 Å². The van der Waals surface area contributed by atoms with Crippen molar-refractivity contribution >= 4 is 10.0 Å². The largest absolute Gasteiger partial charge is 0.310 e. The molecule has 0 spiro atoms. The van der Waals surface area contributed by atoms with Crippen LogP contribution in [-0.4, -0.2) is 31.9 Å². The third-order valence-corrected chi connectivity index (χ3v) is 5.38. The van der Waals surface area contributed by atoms with E-state index in [0.717, 1.165) is 18.5 Å². The lowest BCUT2D eigenvalue weighted by Gasteiger charge is -2.20. The highest BCUT2D eigenvalue weighted by Crippen LogP contribution is 2.21. The maximum Gasteiger partial charge on any atom is 0.243 e. The van der Waals surface area contributed by atoms with E-state index >= 15 is 0 Å². The number of hydrogen-bond donors (Lipinski definition) is 1. The Hall–Kier alpha value is -1.17. The van der Waals surface area contributed by atoms with Gasteiger partial charge in [0.1, 0.15) is 0 Å². The van der Waals surface area contributed by atoms with Crippen molar-refractivity contribution in [3.63, 3.8) is 0 Å². The molecule has 1 aliphatic carbocycles. The average molecular weight is 308 g/mol. The molecule has 1 aliphatic rings. The Kier molecular flexibility index (Phi) is 5.56. The summed E-state index contributed by atoms with van der Waals surface area (Å²) in [6.07, 6.45) is 4.87. The van der Waals surface area contributed by atoms with Gasteiger partial charge in [-0.2, -0.15) is 4.31 Å². The molecule has 1 N–H and O–H groups in total. The molecular weight excluding hydrogens is 284 g/mol. The van der Waals surface area contributed by atoms with Crippen molar-refractivity contribution in [1.29, 1.82) is 0 Å². The van der Waals surface area contributed by atoms with E-state index in [2.05, 4.69) is 11.9 Å². The van der Waals surface area contributed by atoms with Crippen LogP contribution in [0.25, 0.3) is 0 Å². The zero-order chi connectivity index (χ0) is 15.3. The highest BCUT2D eigenvalue weighted by molar-refractivity contribution is 7.89. The van der Waals surface area contributed by atoms with Gasteiger partial charge in [-0.25, -0.2) is 8.42 Å². The third kappa shape index (κ3) is 4.40.